The van der Waals surface area contributed by atoms with E-state index in [1.54, 1.807) is 0 Å². The predicted octanol–water partition coefficient (Wildman–Crippen LogP) is 4.02. The van der Waals surface area contributed by atoms with Crippen LogP contribution in [0.3, 0.4) is 0 Å². The molecule has 2 heteroatoms. The second-order valence-corrected chi connectivity index (χ2v) is 4.21. The SMILES string of the molecule is CCN(c1ccc(C)cc1)c1ccccc1C#N. The van der Waals surface area contributed by atoms with Crippen LogP contribution in [-0.2, 0) is 0 Å². The fraction of sp³-hybridized carbons (Fsp3) is 0.188. The van der Waals surface area contributed by atoms with Crippen LogP contribution >= 0.6 is 0 Å². The molecule has 0 radical (unpaired) electrons. The number of rotatable bonds is 3. The third kappa shape index (κ3) is 2.36. The van der Waals surface area contributed by atoms with E-state index < -0.39 is 0 Å². The van der Waals surface area contributed by atoms with Crippen LogP contribution in [0.5, 0.6) is 0 Å². The Morgan fingerprint density at radius 3 is 2.33 bits per heavy atom. The summed E-state index contributed by atoms with van der Waals surface area (Å²) in [5.41, 5.74) is 4.03. The zero-order valence-corrected chi connectivity index (χ0v) is 10.7. The van der Waals surface area contributed by atoms with E-state index >= 15 is 0 Å². The van der Waals surface area contributed by atoms with Gasteiger partial charge in [-0.25, -0.2) is 0 Å². The lowest BCUT2D eigenvalue weighted by Gasteiger charge is -2.24. The van der Waals surface area contributed by atoms with Gasteiger partial charge in [-0.15, -0.1) is 0 Å². The molecule has 0 saturated heterocycles. The molecule has 0 atom stereocenters. The first-order chi connectivity index (χ1) is 8.76. The minimum absolute atomic E-state index is 0.708. The summed E-state index contributed by atoms with van der Waals surface area (Å²) in [6.45, 7) is 5.00. The monoisotopic (exact) mass is 236 g/mol. The predicted molar refractivity (Wildman–Crippen MR) is 75.0 cm³/mol. The van der Waals surface area contributed by atoms with Gasteiger partial charge in [0.05, 0.1) is 11.3 Å². The first kappa shape index (κ1) is 12.2. The third-order valence-corrected chi connectivity index (χ3v) is 2.98. The Morgan fingerprint density at radius 2 is 1.72 bits per heavy atom. The van der Waals surface area contributed by atoms with Gasteiger partial charge in [-0.2, -0.15) is 5.26 Å². The van der Waals surface area contributed by atoms with Crippen LogP contribution in [0.4, 0.5) is 11.4 Å². The Hall–Kier alpha value is -2.27. The van der Waals surface area contributed by atoms with Gasteiger partial charge in [0.15, 0.2) is 0 Å². The molecular formula is C16H16N2. The summed E-state index contributed by atoms with van der Waals surface area (Å²) in [7, 11) is 0. The van der Waals surface area contributed by atoms with E-state index in [2.05, 4.69) is 49.1 Å². The molecule has 18 heavy (non-hydrogen) atoms. The second kappa shape index (κ2) is 5.37. The summed E-state index contributed by atoms with van der Waals surface area (Å²) >= 11 is 0. The molecule has 2 aromatic carbocycles. The Morgan fingerprint density at radius 1 is 1.06 bits per heavy atom. The zero-order valence-electron chi connectivity index (χ0n) is 10.7. The Bertz CT molecular complexity index is 564. The van der Waals surface area contributed by atoms with Gasteiger partial charge in [-0.1, -0.05) is 29.8 Å². The summed E-state index contributed by atoms with van der Waals surface area (Å²) in [4.78, 5) is 2.15. The maximum absolute atomic E-state index is 9.18. The topological polar surface area (TPSA) is 27.0 Å². The molecule has 0 aromatic heterocycles. The minimum atomic E-state index is 0.708. The quantitative estimate of drug-likeness (QED) is 0.804. The Kier molecular flexibility index (Phi) is 3.64. The fourth-order valence-corrected chi connectivity index (χ4v) is 2.02. The molecule has 0 N–H and O–H groups in total. The number of nitriles is 1. The van der Waals surface area contributed by atoms with Gasteiger partial charge in [0.25, 0.3) is 0 Å². The van der Waals surface area contributed by atoms with Gasteiger partial charge in [-0.3, -0.25) is 0 Å². The first-order valence-electron chi connectivity index (χ1n) is 6.09. The van der Waals surface area contributed by atoms with Crippen molar-refractivity contribution in [3.8, 4) is 6.07 Å². The van der Waals surface area contributed by atoms with Crippen molar-refractivity contribution < 1.29 is 0 Å². The van der Waals surface area contributed by atoms with Gasteiger partial charge < -0.3 is 4.90 Å². The van der Waals surface area contributed by atoms with E-state index in [0.717, 1.165) is 17.9 Å². The lowest BCUT2D eigenvalue weighted by Crippen LogP contribution is -2.17. The van der Waals surface area contributed by atoms with Crippen molar-refractivity contribution in [2.45, 2.75) is 13.8 Å². The molecule has 0 spiro atoms. The smallest absolute Gasteiger partial charge is 0.101 e. The molecule has 2 aromatic rings. The van der Waals surface area contributed by atoms with Crippen LogP contribution in [0.15, 0.2) is 48.5 Å². The largest absolute Gasteiger partial charge is 0.341 e. The zero-order chi connectivity index (χ0) is 13.0. The van der Waals surface area contributed by atoms with Crippen molar-refractivity contribution in [3.05, 3.63) is 59.7 Å². The standard InChI is InChI=1S/C16H16N2/c1-3-18(15-10-8-13(2)9-11-15)16-7-5-4-6-14(16)12-17/h4-11H,3H2,1-2H3. The van der Waals surface area contributed by atoms with Crippen molar-refractivity contribution >= 4 is 11.4 Å². The van der Waals surface area contributed by atoms with Crippen molar-refractivity contribution in [3.63, 3.8) is 0 Å². The Labute approximate surface area is 108 Å². The van der Waals surface area contributed by atoms with Crippen LogP contribution in [0.25, 0.3) is 0 Å². The van der Waals surface area contributed by atoms with Crippen LogP contribution in [0, 0.1) is 18.3 Å². The molecule has 0 bridgehead atoms. The molecule has 0 amide bonds. The lowest BCUT2D eigenvalue weighted by molar-refractivity contribution is 1.02. The summed E-state index contributed by atoms with van der Waals surface area (Å²) < 4.78 is 0. The van der Waals surface area contributed by atoms with E-state index in [1.165, 1.54) is 5.56 Å². The number of benzene rings is 2. The van der Waals surface area contributed by atoms with E-state index in [4.69, 9.17) is 0 Å². The van der Waals surface area contributed by atoms with Gasteiger partial charge >= 0.3 is 0 Å². The number of anilines is 2. The molecule has 0 aliphatic rings. The molecule has 0 heterocycles. The highest BCUT2D eigenvalue weighted by molar-refractivity contribution is 5.69. The molecule has 0 unspecified atom stereocenters. The summed E-state index contributed by atoms with van der Waals surface area (Å²) in [5, 5.41) is 9.18. The molecule has 0 fully saturated rings. The van der Waals surface area contributed by atoms with Crippen molar-refractivity contribution in [2.75, 3.05) is 11.4 Å². The summed E-state index contributed by atoms with van der Waals surface area (Å²) in [6.07, 6.45) is 0. The number of aryl methyl sites for hydroxylation is 1. The van der Waals surface area contributed by atoms with Crippen LogP contribution < -0.4 is 4.90 Å². The highest BCUT2D eigenvalue weighted by Crippen LogP contribution is 2.28. The average molecular weight is 236 g/mol. The molecule has 0 aliphatic carbocycles. The maximum Gasteiger partial charge on any atom is 0.101 e. The number of hydrogen-bond acceptors (Lipinski definition) is 2. The average Bonchev–Trinajstić information content (AvgIpc) is 2.42. The van der Waals surface area contributed by atoms with Gasteiger partial charge in [-0.05, 0) is 38.1 Å². The van der Waals surface area contributed by atoms with Crippen LogP contribution in [-0.4, -0.2) is 6.54 Å². The maximum atomic E-state index is 9.18. The number of nitrogens with zero attached hydrogens (tertiary/aromatic N) is 2. The van der Waals surface area contributed by atoms with Gasteiger partial charge in [0, 0.05) is 12.2 Å². The Balaban J connectivity index is 2.46. The number of para-hydroxylation sites is 1. The van der Waals surface area contributed by atoms with E-state index in [0.29, 0.717) is 5.56 Å². The molecule has 2 nitrogen and oxygen atoms in total. The van der Waals surface area contributed by atoms with E-state index in [9.17, 15) is 5.26 Å². The van der Waals surface area contributed by atoms with Crippen molar-refractivity contribution in [1.82, 2.24) is 0 Å². The van der Waals surface area contributed by atoms with Crippen molar-refractivity contribution in [1.29, 1.82) is 5.26 Å². The highest BCUT2D eigenvalue weighted by Gasteiger charge is 2.10. The highest BCUT2D eigenvalue weighted by atomic mass is 15.1. The van der Waals surface area contributed by atoms with Gasteiger partial charge in [0.1, 0.15) is 6.07 Å². The van der Waals surface area contributed by atoms with Crippen LogP contribution in [0.2, 0.25) is 0 Å². The van der Waals surface area contributed by atoms with E-state index in [1.807, 2.05) is 24.3 Å². The second-order valence-electron chi connectivity index (χ2n) is 4.21. The van der Waals surface area contributed by atoms with E-state index in [-0.39, 0.29) is 0 Å². The lowest BCUT2D eigenvalue weighted by atomic mass is 10.1. The van der Waals surface area contributed by atoms with Gasteiger partial charge in [0.2, 0.25) is 0 Å². The number of hydrogen-bond donors (Lipinski definition) is 0. The molecule has 0 aliphatic heterocycles. The molecule has 2 rings (SSSR count). The minimum Gasteiger partial charge on any atom is -0.341 e. The fourth-order valence-electron chi connectivity index (χ4n) is 2.02. The first-order valence-corrected chi connectivity index (χ1v) is 6.09. The third-order valence-electron chi connectivity index (χ3n) is 2.98. The molecule has 0 saturated carbocycles. The normalized spacial score (nSPS) is 9.83. The van der Waals surface area contributed by atoms with Crippen molar-refractivity contribution in [2.24, 2.45) is 0 Å². The summed E-state index contributed by atoms with van der Waals surface area (Å²) in [6, 6.07) is 18.3. The molecular weight excluding hydrogens is 220 g/mol. The molecule has 90 valence electrons. The summed E-state index contributed by atoms with van der Waals surface area (Å²) in [5.74, 6) is 0. The van der Waals surface area contributed by atoms with Crippen LogP contribution in [0.1, 0.15) is 18.1 Å².